The van der Waals surface area contributed by atoms with Crippen LogP contribution in [0.25, 0.3) is 11.0 Å². The lowest BCUT2D eigenvalue weighted by atomic mass is 10.1. The molecule has 136 valence electrons. The molecule has 6 heteroatoms. The first-order chi connectivity index (χ1) is 12.5. The van der Waals surface area contributed by atoms with Gasteiger partial charge in [-0.15, -0.1) is 0 Å². The van der Waals surface area contributed by atoms with Gasteiger partial charge in [0.2, 0.25) is 5.91 Å². The van der Waals surface area contributed by atoms with Crippen LogP contribution in [0.3, 0.4) is 0 Å². The van der Waals surface area contributed by atoms with E-state index in [0.29, 0.717) is 5.58 Å². The summed E-state index contributed by atoms with van der Waals surface area (Å²) in [7, 11) is 3.23. The first-order valence-corrected chi connectivity index (χ1v) is 8.98. The molecule has 5 nitrogen and oxygen atoms in total. The van der Waals surface area contributed by atoms with Crippen LogP contribution in [-0.2, 0) is 11.2 Å². The van der Waals surface area contributed by atoms with Gasteiger partial charge < -0.3 is 19.2 Å². The number of carbonyl (C=O) groups is 1. The average molecular weight is 418 g/mol. The summed E-state index contributed by atoms with van der Waals surface area (Å²) in [4.78, 5) is 12.5. The number of halogens is 1. The van der Waals surface area contributed by atoms with Crippen LogP contribution in [-0.4, -0.2) is 20.1 Å². The van der Waals surface area contributed by atoms with Crippen molar-refractivity contribution in [3.05, 3.63) is 58.3 Å². The Labute approximate surface area is 160 Å². The van der Waals surface area contributed by atoms with Gasteiger partial charge in [0.1, 0.15) is 17.1 Å². The van der Waals surface area contributed by atoms with Crippen molar-refractivity contribution >= 4 is 32.8 Å². The molecule has 0 radical (unpaired) electrons. The van der Waals surface area contributed by atoms with E-state index in [-0.39, 0.29) is 18.4 Å². The molecule has 1 heterocycles. The summed E-state index contributed by atoms with van der Waals surface area (Å²) in [6, 6.07) is 11.2. The molecule has 0 aliphatic heterocycles. The first-order valence-electron chi connectivity index (χ1n) is 8.18. The van der Waals surface area contributed by atoms with E-state index in [1.165, 1.54) is 0 Å². The molecule has 0 spiro atoms. The van der Waals surface area contributed by atoms with Crippen molar-refractivity contribution < 1.29 is 18.7 Å². The fourth-order valence-electron chi connectivity index (χ4n) is 2.83. The van der Waals surface area contributed by atoms with Crippen molar-refractivity contribution in [1.82, 2.24) is 5.32 Å². The molecule has 1 aromatic heterocycles. The fourth-order valence-corrected chi connectivity index (χ4v) is 3.39. The topological polar surface area (TPSA) is 60.7 Å². The number of amides is 1. The number of hydrogen-bond donors (Lipinski definition) is 1. The van der Waals surface area contributed by atoms with Gasteiger partial charge in [0.25, 0.3) is 0 Å². The monoisotopic (exact) mass is 417 g/mol. The van der Waals surface area contributed by atoms with Crippen molar-refractivity contribution in [3.63, 3.8) is 0 Å². The number of fused-ring (bicyclic) bond motifs is 1. The summed E-state index contributed by atoms with van der Waals surface area (Å²) in [5.41, 5.74) is 2.55. The normalized spacial score (nSPS) is 12.0. The second-order valence-corrected chi connectivity index (χ2v) is 6.84. The summed E-state index contributed by atoms with van der Waals surface area (Å²) < 4.78 is 16.8. The molecule has 0 aliphatic rings. The zero-order valence-electron chi connectivity index (χ0n) is 14.8. The van der Waals surface area contributed by atoms with Crippen molar-refractivity contribution in [1.29, 1.82) is 0 Å². The Morgan fingerprint density at radius 2 is 2.00 bits per heavy atom. The predicted octanol–water partition coefficient (Wildman–Crippen LogP) is 4.63. The molecular weight excluding hydrogens is 398 g/mol. The van der Waals surface area contributed by atoms with Gasteiger partial charge in [-0.1, -0.05) is 6.07 Å². The van der Waals surface area contributed by atoms with Crippen LogP contribution >= 0.6 is 15.9 Å². The van der Waals surface area contributed by atoms with Crippen LogP contribution in [0.15, 0.2) is 51.6 Å². The average Bonchev–Trinajstić information content (AvgIpc) is 3.03. The lowest BCUT2D eigenvalue weighted by Crippen LogP contribution is -2.28. The number of nitrogens with one attached hydrogen (secondary N) is 1. The van der Waals surface area contributed by atoms with Crippen LogP contribution < -0.4 is 14.8 Å². The van der Waals surface area contributed by atoms with Gasteiger partial charge in [-0.3, -0.25) is 4.79 Å². The van der Waals surface area contributed by atoms with Gasteiger partial charge in [-0.25, -0.2) is 0 Å². The summed E-state index contributed by atoms with van der Waals surface area (Å²) in [6.45, 7) is 1.95. The van der Waals surface area contributed by atoms with Crippen LogP contribution in [0.5, 0.6) is 11.5 Å². The van der Waals surface area contributed by atoms with Crippen LogP contribution in [0.4, 0.5) is 0 Å². The molecule has 26 heavy (non-hydrogen) atoms. The highest BCUT2D eigenvalue weighted by molar-refractivity contribution is 9.10. The minimum atomic E-state index is -0.122. The van der Waals surface area contributed by atoms with E-state index in [9.17, 15) is 4.79 Å². The van der Waals surface area contributed by atoms with E-state index >= 15 is 0 Å². The Hall–Kier alpha value is -2.47. The molecule has 0 aliphatic carbocycles. The van der Waals surface area contributed by atoms with Crippen molar-refractivity contribution in [2.24, 2.45) is 0 Å². The molecule has 0 fully saturated rings. The van der Waals surface area contributed by atoms with E-state index in [1.54, 1.807) is 20.5 Å². The third-order valence-corrected chi connectivity index (χ3v) is 4.89. The molecule has 0 bridgehead atoms. The van der Waals surface area contributed by atoms with Gasteiger partial charge in [-0.2, -0.15) is 0 Å². The maximum absolute atomic E-state index is 12.5. The third-order valence-electron chi connectivity index (χ3n) is 4.27. The van der Waals surface area contributed by atoms with E-state index < -0.39 is 0 Å². The molecule has 1 unspecified atom stereocenters. The maximum Gasteiger partial charge on any atom is 0.225 e. The molecule has 3 rings (SSSR count). The van der Waals surface area contributed by atoms with Crippen LogP contribution in [0.1, 0.15) is 24.1 Å². The quantitative estimate of drug-likeness (QED) is 0.634. The Bertz CT molecular complexity index is 935. The van der Waals surface area contributed by atoms with Crippen molar-refractivity contribution in [2.45, 2.75) is 19.4 Å². The molecule has 1 N–H and O–H groups in total. The Kier molecular flexibility index (Phi) is 5.52. The lowest BCUT2D eigenvalue weighted by Gasteiger charge is -2.15. The highest BCUT2D eigenvalue weighted by atomic mass is 79.9. The largest absolute Gasteiger partial charge is 0.497 e. The molecule has 2 aromatic carbocycles. The summed E-state index contributed by atoms with van der Waals surface area (Å²) in [5.74, 6) is 1.41. The number of rotatable bonds is 6. The highest BCUT2D eigenvalue weighted by Crippen LogP contribution is 2.28. The van der Waals surface area contributed by atoms with E-state index in [0.717, 1.165) is 32.5 Å². The molecular formula is C20H20BrNO4. The summed E-state index contributed by atoms with van der Waals surface area (Å²) in [5, 5.41) is 3.94. The Balaban J connectivity index is 1.69. The van der Waals surface area contributed by atoms with Crippen LogP contribution in [0, 0.1) is 0 Å². The Morgan fingerprint density at radius 3 is 2.69 bits per heavy atom. The summed E-state index contributed by atoms with van der Waals surface area (Å²) >= 11 is 3.47. The molecule has 0 saturated carbocycles. The Morgan fingerprint density at radius 1 is 1.19 bits per heavy atom. The minimum absolute atomic E-state index is 0.0667. The lowest BCUT2D eigenvalue weighted by molar-refractivity contribution is -0.121. The number of methoxy groups -OCH3 is 2. The number of carbonyl (C=O) groups excluding carboxylic acids is 1. The number of furan rings is 1. The molecule has 0 saturated heterocycles. The second-order valence-electron chi connectivity index (χ2n) is 5.98. The van der Waals surface area contributed by atoms with E-state index in [4.69, 9.17) is 13.9 Å². The molecule has 1 amide bonds. The number of hydrogen-bond acceptors (Lipinski definition) is 4. The zero-order valence-corrected chi connectivity index (χ0v) is 16.4. The van der Waals surface area contributed by atoms with Gasteiger partial charge >= 0.3 is 0 Å². The fraction of sp³-hybridized carbons (Fsp3) is 0.250. The molecule has 3 aromatic rings. The van der Waals surface area contributed by atoms with Crippen molar-refractivity contribution in [3.8, 4) is 11.5 Å². The third kappa shape index (κ3) is 3.85. The van der Waals surface area contributed by atoms with Gasteiger partial charge in [-0.05, 0) is 52.7 Å². The number of ether oxygens (including phenoxy) is 2. The van der Waals surface area contributed by atoms with E-state index in [1.807, 2.05) is 43.3 Å². The predicted molar refractivity (Wildman–Crippen MR) is 104 cm³/mol. The van der Waals surface area contributed by atoms with Crippen LogP contribution in [0.2, 0.25) is 0 Å². The molecule has 1 atom stereocenters. The highest BCUT2D eigenvalue weighted by Gasteiger charge is 2.15. The maximum atomic E-state index is 12.5. The van der Waals surface area contributed by atoms with Gasteiger partial charge in [0, 0.05) is 17.0 Å². The number of benzene rings is 2. The second kappa shape index (κ2) is 7.83. The van der Waals surface area contributed by atoms with Crippen molar-refractivity contribution in [2.75, 3.05) is 14.2 Å². The van der Waals surface area contributed by atoms with E-state index in [2.05, 4.69) is 21.2 Å². The standard InChI is InChI=1S/C20H20BrNO4/c1-12(13-4-7-18(25-3)17(21)8-13)22-20(23)9-14-11-26-19-10-15(24-2)5-6-16(14)19/h4-8,10-12H,9H2,1-3H3,(H,22,23). The smallest absolute Gasteiger partial charge is 0.225 e. The first kappa shape index (κ1) is 18.3. The SMILES string of the molecule is COc1ccc2c(CC(=O)NC(C)c3ccc(OC)c(Br)c3)coc2c1. The van der Waals surface area contributed by atoms with Gasteiger partial charge in [0.05, 0.1) is 37.4 Å². The van der Waals surface area contributed by atoms with Gasteiger partial charge in [0.15, 0.2) is 0 Å². The minimum Gasteiger partial charge on any atom is -0.497 e. The zero-order chi connectivity index (χ0) is 18.7. The summed E-state index contributed by atoms with van der Waals surface area (Å²) in [6.07, 6.45) is 1.87.